The summed E-state index contributed by atoms with van der Waals surface area (Å²) in [5, 5.41) is 2.85. The minimum absolute atomic E-state index is 0.0520. The molecule has 3 nitrogen and oxygen atoms in total. The summed E-state index contributed by atoms with van der Waals surface area (Å²) in [4.78, 5) is 11.3. The van der Waals surface area contributed by atoms with Gasteiger partial charge < -0.3 is 11.1 Å². The number of carbonyl (C=O) groups excluding carboxylic acids is 1. The minimum Gasteiger partial charge on any atom is -0.352 e. The van der Waals surface area contributed by atoms with Gasteiger partial charge in [0.05, 0.1) is 0 Å². The second kappa shape index (κ2) is 6.58. The van der Waals surface area contributed by atoms with Crippen LogP contribution < -0.4 is 11.1 Å². The third-order valence-electron chi connectivity index (χ3n) is 2.04. The summed E-state index contributed by atoms with van der Waals surface area (Å²) in [5.41, 5.74) is 6.40. The molecular formula is C11H15BrN2O. The number of amides is 1. The van der Waals surface area contributed by atoms with Crippen LogP contribution in [0.5, 0.6) is 0 Å². The second-order valence-corrected chi connectivity index (χ2v) is 4.11. The lowest BCUT2D eigenvalue weighted by Crippen LogP contribution is -2.23. The molecule has 1 rings (SSSR count). The molecule has 15 heavy (non-hydrogen) atoms. The molecule has 1 aromatic rings. The molecule has 0 unspecified atom stereocenters. The van der Waals surface area contributed by atoms with E-state index in [4.69, 9.17) is 5.73 Å². The number of benzene rings is 1. The van der Waals surface area contributed by atoms with Crippen molar-refractivity contribution < 1.29 is 4.79 Å². The minimum atomic E-state index is 0.0520. The smallest absolute Gasteiger partial charge is 0.220 e. The Hall–Kier alpha value is -0.870. The van der Waals surface area contributed by atoms with E-state index in [1.807, 2.05) is 24.3 Å². The Labute approximate surface area is 98.2 Å². The highest BCUT2D eigenvalue weighted by atomic mass is 79.9. The van der Waals surface area contributed by atoms with Gasteiger partial charge in [-0.05, 0) is 24.6 Å². The highest BCUT2D eigenvalue weighted by molar-refractivity contribution is 9.10. The van der Waals surface area contributed by atoms with E-state index in [1.165, 1.54) is 0 Å². The zero-order valence-electron chi connectivity index (χ0n) is 8.50. The highest BCUT2D eigenvalue weighted by Crippen LogP contribution is 2.15. The van der Waals surface area contributed by atoms with Gasteiger partial charge >= 0.3 is 0 Å². The van der Waals surface area contributed by atoms with Crippen molar-refractivity contribution in [3.8, 4) is 0 Å². The quantitative estimate of drug-likeness (QED) is 0.858. The Morgan fingerprint density at radius 1 is 1.40 bits per heavy atom. The van der Waals surface area contributed by atoms with E-state index in [1.54, 1.807) is 0 Å². The molecule has 0 aliphatic rings. The fourth-order valence-corrected chi connectivity index (χ4v) is 1.61. The van der Waals surface area contributed by atoms with Crippen molar-refractivity contribution in [3.63, 3.8) is 0 Å². The summed E-state index contributed by atoms with van der Waals surface area (Å²) in [6.07, 6.45) is 1.24. The Morgan fingerprint density at radius 3 is 2.80 bits per heavy atom. The molecule has 0 saturated carbocycles. The van der Waals surface area contributed by atoms with Gasteiger partial charge in [-0.15, -0.1) is 0 Å². The third-order valence-corrected chi connectivity index (χ3v) is 2.82. The first-order valence-electron chi connectivity index (χ1n) is 4.94. The third kappa shape index (κ3) is 4.44. The fraction of sp³-hybridized carbons (Fsp3) is 0.364. The lowest BCUT2D eigenvalue weighted by Gasteiger charge is -2.06. The molecule has 0 aliphatic carbocycles. The van der Waals surface area contributed by atoms with Crippen LogP contribution in [0.3, 0.4) is 0 Å². The molecule has 0 spiro atoms. The van der Waals surface area contributed by atoms with Crippen molar-refractivity contribution in [2.45, 2.75) is 19.4 Å². The van der Waals surface area contributed by atoms with E-state index in [0.717, 1.165) is 16.5 Å². The largest absolute Gasteiger partial charge is 0.352 e. The van der Waals surface area contributed by atoms with Gasteiger partial charge in [-0.2, -0.15) is 0 Å². The summed E-state index contributed by atoms with van der Waals surface area (Å²) in [6.45, 7) is 1.12. The fourth-order valence-electron chi connectivity index (χ4n) is 1.19. The normalized spacial score (nSPS) is 10.0. The molecule has 82 valence electrons. The van der Waals surface area contributed by atoms with Crippen molar-refractivity contribution in [3.05, 3.63) is 34.3 Å². The monoisotopic (exact) mass is 270 g/mol. The topological polar surface area (TPSA) is 55.1 Å². The lowest BCUT2D eigenvalue weighted by atomic mass is 10.2. The van der Waals surface area contributed by atoms with Gasteiger partial charge in [0.1, 0.15) is 0 Å². The Kier molecular flexibility index (Phi) is 5.36. The van der Waals surface area contributed by atoms with Crippen LogP contribution in [0.2, 0.25) is 0 Å². The van der Waals surface area contributed by atoms with Crippen LogP contribution in [-0.2, 0) is 11.3 Å². The van der Waals surface area contributed by atoms with E-state index < -0.39 is 0 Å². The van der Waals surface area contributed by atoms with E-state index in [-0.39, 0.29) is 5.91 Å². The van der Waals surface area contributed by atoms with E-state index in [2.05, 4.69) is 21.2 Å². The number of nitrogens with one attached hydrogen (secondary N) is 1. The number of hydrogen-bond donors (Lipinski definition) is 2. The standard InChI is InChI=1S/C11H15BrN2O/c12-10-5-2-1-4-9(10)8-14-11(15)6-3-7-13/h1-2,4-5H,3,6-8,13H2,(H,14,15). The molecule has 0 bridgehead atoms. The lowest BCUT2D eigenvalue weighted by molar-refractivity contribution is -0.121. The van der Waals surface area contributed by atoms with E-state index in [9.17, 15) is 4.79 Å². The average Bonchev–Trinajstić information content (AvgIpc) is 2.25. The summed E-state index contributed by atoms with van der Waals surface area (Å²) in [7, 11) is 0. The van der Waals surface area contributed by atoms with E-state index >= 15 is 0 Å². The van der Waals surface area contributed by atoms with Gasteiger partial charge in [-0.25, -0.2) is 0 Å². The average molecular weight is 271 g/mol. The second-order valence-electron chi connectivity index (χ2n) is 3.26. The van der Waals surface area contributed by atoms with Crippen molar-refractivity contribution in [1.29, 1.82) is 0 Å². The van der Waals surface area contributed by atoms with Crippen LogP contribution in [0.1, 0.15) is 18.4 Å². The predicted octanol–water partition coefficient (Wildman–Crippen LogP) is 1.80. The highest BCUT2D eigenvalue weighted by Gasteiger charge is 2.02. The first-order chi connectivity index (χ1) is 7.24. The molecule has 0 heterocycles. The zero-order valence-corrected chi connectivity index (χ0v) is 10.1. The summed E-state index contributed by atoms with van der Waals surface area (Å²) in [6, 6.07) is 7.84. The number of hydrogen-bond acceptors (Lipinski definition) is 2. The zero-order chi connectivity index (χ0) is 11.1. The molecular weight excluding hydrogens is 256 g/mol. The Balaban J connectivity index is 2.37. The molecule has 0 aliphatic heterocycles. The Morgan fingerprint density at radius 2 is 2.13 bits per heavy atom. The van der Waals surface area contributed by atoms with Crippen LogP contribution >= 0.6 is 15.9 Å². The summed E-state index contributed by atoms with van der Waals surface area (Å²) in [5.74, 6) is 0.0520. The van der Waals surface area contributed by atoms with Crippen molar-refractivity contribution in [2.75, 3.05) is 6.54 Å². The number of nitrogens with two attached hydrogens (primary N) is 1. The van der Waals surface area contributed by atoms with Crippen molar-refractivity contribution in [1.82, 2.24) is 5.32 Å². The first-order valence-corrected chi connectivity index (χ1v) is 5.73. The molecule has 0 saturated heterocycles. The molecule has 4 heteroatoms. The van der Waals surface area contributed by atoms with Crippen LogP contribution in [-0.4, -0.2) is 12.5 Å². The van der Waals surface area contributed by atoms with Gasteiger partial charge in [0.2, 0.25) is 5.91 Å². The van der Waals surface area contributed by atoms with Crippen LogP contribution in [0, 0.1) is 0 Å². The van der Waals surface area contributed by atoms with Gasteiger partial charge in [-0.1, -0.05) is 34.1 Å². The molecule has 0 aromatic heterocycles. The van der Waals surface area contributed by atoms with Crippen LogP contribution in [0.15, 0.2) is 28.7 Å². The molecule has 1 aromatic carbocycles. The van der Waals surface area contributed by atoms with Crippen LogP contribution in [0.4, 0.5) is 0 Å². The Bertz CT molecular complexity index is 328. The molecule has 3 N–H and O–H groups in total. The SMILES string of the molecule is NCCCC(=O)NCc1ccccc1Br. The molecule has 1 amide bonds. The maximum atomic E-state index is 11.3. The predicted molar refractivity (Wildman–Crippen MR) is 64.3 cm³/mol. The van der Waals surface area contributed by atoms with Crippen LogP contribution in [0.25, 0.3) is 0 Å². The number of carbonyl (C=O) groups is 1. The summed E-state index contributed by atoms with van der Waals surface area (Å²) >= 11 is 3.43. The molecule has 0 radical (unpaired) electrons. The van der Waals surface area contributed by atoms with E-state index in [0.29, 0.717) is 19.5 Å². The van der Waals surface area contributed by atoms with Gasteiger partial charge in [0, 0.05) is 17.4 Å². The first kappa shape index (κ1) is 12.2. The van der Waals surface area contributed by atoms with Gasteiger partial charge in [0.15, 0.2) is 0 Å². The van der Waals surface area contributed by atoms with Crippen molar-refractivity contribution in [2.24, 2.45) is 5.73 Å². The maximum Gasteiger partial charge on any atom is 0.220 e. The maximum absolute atomic E-state index is 11.3. The number of rotatable bonds is 5. The number of halogens is 1. The van der Waals surface area contributed by atoms with Gasteiger partial charge in [0.25, 0.3) is 0 Å². The van der Waals surface area contributed by atoms with Crippen molar-refractivity contribution >= 4 is 21.8 Å². The molecule has 0 atom stereocenters. The summed E-state index contributed by atoms with van der Waals surface area (Å²) < 4.78 is 1.02. The molecule has 0 fully saturated rings. The van der Waals surface area contributed by atoms with Gasteiger partial charge in [-0.3, -0.25) is 4.79 Å².